The molecule has 254 valence electrons. The molecule has 1 heteroatoms. The van der Waals surface area contributed by atoms with E-state index in [1.54, 1.807) is 0 Å². The maximum absolute atomic E-state index is 2.46. The van der Waals surface area contributed by atoms with Gasteiger partial charge in [-0.2, -0.15) is 0 Å². The van der Waals surface area contributed by atoms with Crippen LogP contribution in [0.3, 0.4) is 0 Å². The van der Waals surface area contributed by atoms with E-state index in [1.807, 2.05) is 0 Å². The van der Waals surface area contributed by atoms with E-state index in [2.05, 4.69) is 189 Å². The molecule has 0 amide bonds. The molecule has 7 aromatic rings. The van der Waals surface area contributed by atoms with Gasteiger partial charge in [-0.15, -0.1) is 0 Å². The topological polar surface area (TPSA) is 3.24 Å². The van der Waals surface area contributed by atoms with Gasteiger partial charge in [0.05, 0.1) is 5.69 Å². The van der Waals surface area contributed by atoms with Gasteiger partial charge in [-0.05, 0) is 105 Å². The Labute approximate surface area is 309 Å². The second kappa shape index (κ2) is 13.5. The molecule has 0 aromatic heterocycles. The molecule has 0 saturated heterocycles. The standard InChI is InChI=1S/C51H45N/c1-51(2)48-23-13-11-21-45(48)46-34-33-42(35-49(46)51)52(41-31-29-39(30-32-41)38-27-25-37(26-28-38)36-15-5-3-6-16-36)50-24-14-12-22-47(50)44-20-10-9-19-43(44)40-17-7-4-8-18-40/h4,7-14,17-36H,3,5-6,15-16H2,1-2H3. The van der Waals surface area contributed by atoms with E-state index in [0.717, 1.165) is 23.0 Å². The molecule has 52 heavy (non-hydrogen) atoms. The molecule has 0 unspecified atom stereocenters. The van der Waals surface area contributed by atoms with Crippen molar-refractivity contribution < 1.29 is 0 Å². The van der Waals surface area contributed by atoms with Crippen LogP contribution in [0.25, 0.3) is 44.5 Å². The van der Waals surface area contributed by atoms with Gasteiger partial charge in [0.1, 0.15) is 0 Å². The third-order valence-corrected chi connectivity index (χ3v) is 11.7. The Morgan fingerprint density at radius 1 is 0.423 bits per heavy atom. The zero-order valence-electron chi connectivity index (χ0n) is 30.2. The molecule has 0 heterocycles. The molecule has 0 spiro atoms. The van der Waals surface area contributed by atoms with E-state index in [4.69, 9.17) is 0 Å². The summed E-state index contributed by atoms with van der Waals surface area (Å²) in [7, 11) is 0. The second-order valence-electron chi connectivity index (χ2n) is 15.2. The van der Waals surface area contributed by atoms with Crippen LogP contribution in [0.5, 0.6) is 0 Å². The van der Waals surface area contributed by atoms with Crippen LogP contribution in [-0.2, 0) is 5.41 Å². The maximum atomic E-state index is 2.46. The van der Waals surface area contributed by atoms with Gasteiger partial charge >= 0.3 is 0 Å². The average Bonchev–Trinajstić information content (AvgIpc) is 3.44. The minimum Gasteiger partial charge on any atom is -0.310 e. The summed E-state index contributed by atoms with van der Waals surface area (Å²) in [5.41, 5.74) is 17.7. The van der Waals surface area contributed by atoms with Crippen molar-refractivity contribution in [3.8, 4) is 44.5 Å². The average molecular weight is 672 g/mol. The van der Waals surface area contributed by atoms with Crippen LogP contribution in [0.2, 0.25) is 0 Å². The SMILES string of the molecule is CC1(C)c2ccccc2-c2ccc(N(c3ccc(-c4ccc(C5CCCCC5)cc4)cc3)c3ccccc3-c3ccccc3-c3ccccc3)cc21. The number of rotatable bonds is 7. The highest BCUT2D eigenvalue weighted by atomic mass is 15.1. The summed E-state index contributed by atoms with van der Waals surface area (Å²) in [6.07, 6.45) is 6.76. The highest BCUT2D eigenvalue weighted by Gasteiger charge is 2.36. The number of anilines is 3. The Kier molecular flexibility index (Phi) is 8.36. The Balaban J connectivity index is 1.17. The zero-order valence-corrected chi connectivity index (χ0v) is 30.2. The number of hydrogen-bond acceptors (Lipinski definition) is 1. The largest absolute Gasteiger partial charge is 0.310 e. The highest BCUT2D eigenvalue weighted by molar-refractivity contribution is 5.95. The first-order valence-electron chi connectivity index (χ1n) is 19.0. The minimum atomic E-state index is -0.0965. The summed E-state index contributed by atoms with van der Waals surface area (Å²) in [5.74, 6) is 0.718. The van der Waals surface area contributed by atoms with Crippen molar-refractivity contribution in [2.75, 3.05) is 4.90 Å². The minimum absolute atomic E-state index is 0.0965. The van der Waals surface area contributed by atoms with Crippen LogP contribution in [-0.4, -0.2) is 0 Å². The lowest BCUT2D eigenvalue weighted by atomic mass is 9.82. The van der Waals surface area contributed by atoms with Crippen molar-refractivity contribution in [1.29, 1.82) is 0 Å². The van der Waals surface area contributed by atoms with Gasteiger partial charge < -0.3 is 4.90 Å². The Morgan fingerprint density at radius 2 is 0.981 bits per heavy atom. The van der Waals surface area contributed by atoms with Crippen LogP contribution in [0, 0.1) is 0 Å². The first-order chi connectivity index (χ1) is 25.6. The summed E-state index contributed by atoms with van der Waals surface area (Å²) in [6.45, 7) is 4.73. The number of nitrogens with zero attached hydrogens (tertiary/aromatic N) is 1. The van der Waals surface area contributed by atoms with Gasteiger partial charge in [0.15, 0.2) is 0 Å². The van der Waals surface area contributed by atoms with Crippen LogP contribution < -0.4 is 4.90 Å². The lowest BCUT2D eigenvalue weighted by Crippen LogP contribution is -2.17. The van der Waals surface area contributed by atoms with Crippen LogP contribution in [0.4, 0.5) is 17.1 Å². The fourth-order valence-electron chi connectivity index (χ4n) is 8.93. The van der Waals surface area contributed by atoms with Gasteiger partial charge in [-0.25, -0.2) is 0 Å². The van der Waals surface area contributed by atoms with E-state index in [0.29, 0.717) is 0 Å². The molecule has 2 aliphatic rings. The third kappa shape index (κ3) is 5.75. The van der Waals surface area contributed by atoms with Gasteiger partial charge in [-0.1, -0.05) is 173 Å². The van der Waals surface area contributed by atoms with Crippen LogP contribution in [0.1, 0.15) is 68.6 Å². The molecule has 2 aliphatic carbocycles. The number of hydrogen-bond donors (Lipinski definition) is 0. The molecule has 0 aliphatic heterocycles. The number of para-hydroxylation sites is 1. The van der Waals surface area contributed by atoms with Crippen molar-refractivity contribution in [2.24, 2.45) is 0 Å². The molecule has 1 nitrogen and oxygen atoms in total. The molecule has 1 fully saturated rings. The van der Waals surface area contributed by atoms with Crippen molar-refractivity contribution in [1.82, 2.24) is 0 Å². The molecule has 0 radical (unpaired) electrons. The first kappa shape index (κ1) is 32.3. The lowest BCUT2D eigenvalue weighted by Gasteiger charge is -2.30. The highest BCUT2D eigenvalue weighted by Crippen LogP contribution is 2.51. The van der Waals surface area contributed by atoms with E-state index >= 15 is 0 Å². The normalized spacial score (nSPS) is 14.8. The predicted octanol–water partition coefficient (Wildman–Crippen LogP) is 14.5. The van der Waals surface area contributed by atoms with Crippen molar-refractivity contribution in [3.05, 3.63) is 187 Å². The molecular weight excluding hydrogens is 627 g/mol. The predicted molar refractivity (Wildman–Crippen MR) is 221 cm³/mol. The van der Waals surface area contributed by atoms with Crippen molar-refractivity contribution in [2.45, 2.75) is 57.3 Å². The molecule has 0 atom stereocenters. The second-order valence-corrected chi connectivity index (χ2v) is 15.2. The van der Waals surface area contributed by atoms with E-state index in [-0.39, 0.29) is 5.41 Å². The summed E-state index contributed by atoms with van der Waals surface area (Å²) in [5, 5.41) is 0. The Bertz CT molecular complexity index is 2340. The number of benzene rings is 7. The molecule has 7 aromatic carbocycles. The molecule has 0 N–H and O–H groups in total. The lowest BCUT2D eigenvalue weighted by molar-refractivity contribution is 0.443. The summed E-state index contributed by atoms with van der Waals surface area (Å²) in [6, 6.07) is 63.1. The Hall–Kier alpha value is -5.66. The van der Waals surface area contributed by atoms with Crippen molar-refractivity contribution >= 4 is 17.1 Å². The fraction of sp³-hybridized carbons (Fsp3) is 0.176. The van der Waals surface area contributed by atoms with Crippen molar-refractivity contribution in [3.63, 3.8) is 0 Å². The van der Waals surface area contributed by atoms with E-state index < -0.39 is 0 Å². The molecule has 9 rings (SSSR count). The van der Waals surface area contributed by atoms with Gasteiger partial charge in [0.2, 0.25) is 0 Å². The smallest absolute Gasteiger partial charge is 0.0540 e. The van der Waals surface area contributed by atoms with Gasteiger partial charge in [-0.3, -0.25) is 0 Å². The fourth-order valence-corrected chi connectivity index (χ4v) is 8.93. The van der Waals surface area contributed by atoms with Gasteiger partial charge in [0, 0.05) is 22.4 Å². The van der Waals surface area contributed by atoms with Crippen LogP contribution >= 0.6 is 0 Å². The van der Waals surface area contributed by atoms with Crippen LogP contribution in [0.15, 0.2) is 170 Å². The third-order valence-electron chi connectivity index (χ3n) is 11.7. The van der Waals surface area contributed by atoms with E-state index in [1.165, 1.54) is 93.3 Å². The summed E-state index contributed by atoms with van der Waals surface area (Å²) in [4.78, 5) is 2.46. The summed E-state index contributed by atoms with van der Waals surface area (Å²) >= 11 is 0. The quantitative estimate of drug-likeness (QED) is 0.163. The summed E-state index contributed by atoms with van der Waals surface area (Å²) < 4.78 is 0. The number of fused-ring (bicyclic) bond motifs is 3. The van der Waals surface area contributed by atoms with Gasteiger partial charge in [0.25, 0.3) is 0 Å². The van der Waals surface area contributed by atoms with E-state index in [9.17, 15) is 0 Å². The molecule has 1 saturated carbocycles. The first-order valence-corrected chi connectivity index (χ1v) is 19.0. The zero-order chi connectivity index (χ0) is 35.1. The molecule has 0 bridgehead atoms. The molecular formula is C51H45N. The Morgan fingerprint density at radius 3 is 1.71 bits per heavy atom. The maximum Gasteiger partial charge on any atom is 0.0540 e. The monoisotopic (exact) mass is 671 g/mol.